The predicted molar refractivity (Wildman–Crippen MR) is 119 cm³/mol. The van der Waals surface area contributed by atoms with Gasteiger partial charge in [-0.15, -0.1) is 0 Å². The van der Waals surface area contributed by atoms with Gasteiger partial charge >= 0.3 is 5.97 Å². The van der Waals surface area contributed by atoms with Crippen molar-refractivity contribution in [3.05, 3.63) is 75.9 Å². The fraction of sp³-hybridized carbons (Fsp3) is 0.346. The second-order valence-corrected chi connectivity index (χ2v) is 7.63. The third-order valence-electron chi connectivity index (χ3n) is 5.74. The van der Waals surface area contributed by atoms with Crippen LogP contribution in [-0.2, 0) is 9.53 Å². The standard InChI is InChI=1S/C26H30O3/c1-4-29-25(28)17-12-20-10-13-22(14-11-20)26(21-8-6-5-7-9-21)23-15-16-24(27)19(3)18(23)2/h10-17,27H,4-9H2,1-3H3/b17-12+. The minimum Gasteiger partial charge on any atom is -0.508 e. The van der Waals surface area contributed by atoms with Crippen LogP contribution < -0.4 is 0 Å². The molecule has 0 atom stereocenters. The quantitative estimate of drug-likeness (QED) is 0.478. The summed E-state index contributed by atoms with van der Waals surface area (Å²) in [5, 5.41) is 10.1. The Morgan fingerprint density at radius 3 is 2.34 bits per heavy atom. The van der Waals surface area contributed by atoms with Crippen molar-refractivity contribution >= 4 is 17.6 Å². The molecule has 0 aromatic heterocycles. The molecule has 0 unspecified atom stereocenters. The van der Waals surface area contributed by atoms with Crippen LogP contribution in [0.4, 0.5) is 0 Å². The van der Waals surface area contributed by atoms with Crippen LogP contribution in [0.3, 0.4) is 0 Å². The molecule has 3 nitrogen and oxygen atoms in total. The first-order valence-corrected chi connectivity index (χ1v) is 10.5. The number of rotatable bonds is 5. The second-order valence-electron chi connectivity index (χ2n) is 7.63. The maximum atomic E-state index is 11.5. The fourth-order valence-corrected chi connectivity index (χ4v) is 3.97. The van der Waals surface area contributed by atoms with Gasteiger partial charge in [0.25, 0.3) is 0 Å². The van der Waals surface area contributed by atoms with E-state index in [2.05, 4.69) is 19.1 Å². The van der Waals surface area contributed by atoms with Gasteiger partial charge in [-0.25, -0.2) is 4.79 Å². The molecule has 1 aliphatic carbocycles. The zero-order chi connectivity index (χ0) is 20.8. The van der Waals surface area contributed by atoms with Crippen molar-refractivity contribution in [2.75, 3.05) is 6.61 Å². The molecular weight excluding hydrogens is 360 g/mol. The van der Waals surface area contributed by atoms with Gasteiger partial charge in [0.15, 0.2) is 0 Å². The first-order chi connectivity index (χ1) is 14.0. The molecule has 0 spiro atoms. The molecule has 29 heavy (non-hydrogen) atoms. The van der Waals surface area contributed by atoms with Crippen LogP contribution in [0.15, 0.2) is 48.0 Å². The summed E-state index contributed by atoms with van der Waals surface area (Å²) in [5.74, 6) is 0.0236. The Kier molecular flexibility index (Phi) is 6.92. The molecule has 0 amide bonds. The van der Waals surface area contributed by atoms with Crippen molar-refractivity contribution < 1.29 is 14.6 Å². The van der Waals surface area contributed by atoms with Crippen LogP contribution in [-0.4, -0.2) is 17.7 Å². The Morgan fingerprint density at radius 2 is 1.69 bits per heavy atom. The molecule has 3 heteroatoms. The summed E-state index contributed by atoms with van der Waals surface area (Å²) in [5.41, 5.74) is 8.21. The highest BCUT2D eigenvalue weighted by Crippen LogP contribution is 2.38. The van der Waals surface area contributed by atoms with E-state index >= 15 is 0 Å². The maximum Gasteiger partial charge on any atom is 0.330 e. The minimum absolute atomic E-state index is 0.322. The average molecular weight is 391 g/mol. The number of carbonyl (C=O) groups is 1. The topological polar surface area (TPSA) is 46.5 Å². The molecule has 1 fully saturated rings. The first kappa shape index (κ1) is 20.9. The van der Waals surface area contributed by atoms with Crippen molar-refractivity contribution in [2.45, 2.75) is 52.9 Å². The molecule has 1 aliphatic rings. The highest BCUT2D eigenvalue weighted by molar-refractivity contribution is 5.88. The van der Waals surface area contributed by atoms with Crippen LogP contribution in [0.1, 0.15) is 66.8 Å². The van der Waals surface area contributed by atoms with E-state index in [-0.39, 0.29) is 5.97 Å². The largest absolute Gasteiger partial charge is 0.508 e. The number of phenolic OH excluding ortho intramolecular Hbond substituents is 1. The molecule has 0 saturated heterocycles. The normalized spacial score (nSPS) is 14.2. The van der Waals surface area contributed by atoms with Gasteiger partial charge in [-0.1, -0.05) is 42.3 Å². The summed E-state index contributed by atoms with van der Waals surface area (Å²) >= 11 is 0. The summed E-state index contributed by atoms with van der Waals surface area (Å²) in [7, 11) is 0. The Balaban J connectivity index is 2.00. The van der Waals surface area contributed by atoms with Gasteiger partial charge in [-0.2, -0.15) is 0 Å². The van der Waals surface area contributed by atoms with Gasteiger partial charge in [0.2, 0.25) is 0 Å². The van der Waals surface area contributed by atoms with E-state index in [1.165, 1.54) is 47.6 Å². The lowest BCUT2D eigenvalue weighted by Crippen LogP contribution is -2.02. The van der Waals surface area contributed by atoms with Crippen LogP contribution in [0.25, 0.3) is 11.6 Å². The molecule has 0 radical (unpaired) electrons. The number of aromatic hydroxyl groups is 1. The molecule has 1 N–H and O–H groups in total. The Morgan fingerprint density at radius 1 is 1.00 bits per heavy atom. The molecule has 1 saturated carbocycles. The van der Waals surface area contributed by atoms with Gasteiger partial charge in [0.1, 0.15) is 5.75 Å². The average Bonchev–Trinajstić information content (AvgIpc) is 2.74. The van der Waals surface area contributed by atoms with E-state index in [0.717, 1.165) is 29.5 Å². The number of benzene rings is 2. The van der Waals surface area contributed by atoms with Crippen molar-refractivity contribution in [2.24, 2.45) is 0 Å². The van der Waals surface area contributed by atoms with E-state index in [1.54, 1.807) is 19.1 Å². The summed E-state index contributed by atoms with van der Waals surface area (Å²) in [6.45, 7) is 6.24. The zero-order valence-corrected chi connectivity index (χ0v) is 17.6. The van der Waals surface area contributed by atoms with Crippen LogP contribution >= 0.6 is 0 Å². The predicted octanol–water partition coefficient (Wildman–Crippen LogP) is 6.35. The highest BCUT2D eigenvalue weighted by Gasteiger charge is 2.18. The summed E-state index contributed by atoms with van der Waals surface area (Å²) in [6, 6.07) is 12.2. The zero-order valence-electron chi connectivity index (χ0n) is 17.6. The van der Waals surface area contributed by atoms with Gasteiger partial charge in [0.05, 0.1) is 6.61 Å². The van der Waals surface area contributed by atoms with E-state index in [4.69, 9.17) is 4.74 Å². The molecule has 2 aromatic rings. The van der Waals surface area contributed by atoms with Crippen LogP contribution in [0.2, 0.25) is 0 Å². The van der Waals surface area contributed by atoms with E-state index in [1.807, 2.05) is 25.1 Å². The SMILES string of the molecule is CCOC(=O)/C=C/c1ccc(C(=C2CCCCC2)c2ccc(O)c(C)c2C)cc1. The maximum absolute atomic E-state index is 11.5. The second kappa shape index (κ2) is 9.60. The molecule has 152 valence electrons. The fourth-order valence-electron chi connectivity index (χ4n) is 3.97. The number of esters is 1. The van der Waals surface area contributed by atoms with Gasteiger partial charge in [-0.05, 0) is 92.0 Å². The third-order valence-corrected chi connectivity index (χ3v) is 5.74. The number of hydrogen-bond acceptors (Lipinski definition) is 3. The molecule has 0 aliphatic heterocycles. The first-order valence-electron chi connectivity index (χ1n) is 10.5. The van der Waals surface area contributed by atoms with Gasteiger partial charge in [-0.3, -0.25) is 0 Å². The number of ether oxygens (including phenoxy) is 1. The molecule has 3 rings (SSSR count). The Labute approximate surface area is 173 Å². The number of carbonyl (C=O) groups excluding carboxylic acids is 1. The highest BCUT2D eigenvalue weighted by atomic mass is 16.5. The molecule has 0 heterocycles. The number of allylic oxidation sites excluding steroid dienone is 1. The van der Waals surface area contributed by atoms with E-state index < -0.39 is 0 Å². The Bertz CT molecular complexity index is 925. The van der Waals surface area contributed by atoms with Crippen molar-refractivity contribution in [3.63, 3.8) is 0 Å². The lowest BCUT2D eigenvalue weighted by atomic mass is 9.83. The molecular formula is C26H30O3. The smallest absolute Gasteiger partial charge is 0.330 e. The lowest BCUT2D eigenvalue weighted by molar-refractivity contribution is -0.137. The molecule has 2 aromatic carbocycles. The van der Waals surface area contributed by atoms with Crippen LogP contribution in [0, 0.1) is 13.8 Å². The monoisotopic (exact) mass is 390 g/mol. The van der Waals surface area contributed by atoms with Crippen molar-refractivity contribution in [3.8, 4) is 5.75 Å². The summed E-state index contributed by atoms with van der Waals surface area (Å²) < 4.78 is 4.94. The molecule has 0 bridgehead atoms. The van der Waals surface area contributed by atoms with Crippen molar-refractivity contribution in [1.82, 2.24) is 0 Å². The van der Waals surface area contributed by atoms with E-state index in [0.29, 0.717) is 12.4 Å². The Hall–Kier alpha value is -2.81. The van der Waals surface area contributed by atoms with E-state index in [9.17, 15) is 9.90 Å². The third kappa shape index (κ3) is 4.97. The van der Waals surface area contributed by atoms with Gasteiger partial charge < -0.3 is 9.84 Å². The van der Waals surface area contributed by atoms with Gasteiger partial charge in [0, 0.05) is 6.08 Å². The lowest BCUT2D eigenvalue weighted by Gasteiger charge is -2.22. The number of hydrogen-bond donors (Lipinski definition) is 1. The summed E-state index contributed by atoms with van der Waals surface area (Å²) in [4.78, 5) is 11.5. The number of phenols is 1. The summed E-state index contributed by atoms with van der Waals surface area (Å²) in [6.07, 6.45) is 9.25. The minimum atomic E-state index is -0.322. The van der Waals surface area contributed by atoms with Crippen LogP contribution in [0.5, 0.6) is 5.75 Å². The van der Waals surface area contributed by atoms with Crippen molar-refractivity contribution in [1.29, 1.82) is 0 Å².